The standard InChI is InChI=1S/C14H23NO2.ClH/c1-5-13(14(17-4)10-15(2)3)11-7-6-8-12(16)9-11;/h6-9,13-14,16H,5,10H2,1-4H3;1H/t13-,14+;/m1./s1. The molecule has 0 unspecified atom stereocenters. The summed E-state index contributed by atoms with van der Waals surface area (Å²) in [5, 5.41) is 9.54. The third kappa shape index (κ3) is 4.84. The van der Waals surface area contributed by atoms with Crippen molar-refractivity contribution in [3.8, 4) is 5.75 Å². The molecule has 1 N–H and O–H groups in total. The van der Waals surface area contributed by atoms with E-state index >= 15 is 0 Å². The van der Waals surface area contributed by atoms with E-state index in [9.17, 15) is 5.11 Å². The van der Waals surface area contributed by atoms with Crippen LogP contribution in [0.15, 0.2) is 24.3 Å². The van der Waals surface area contributed by atoms with Crippen LogP contribution in [0.4, 0.5) is 0 Å². The number of phenols is 1. The van der Waals surface area contributed by atoms with Crippen molar-refractivity contribution in [2.24, 2.45) is 0 Å². The summed E-state index contributed by atoms with van der Waals surface area (Å²) in [6, 6.07) is 7.46. The SMILES string of the molecule is CC[C@H](c1cccc(O)c1)[C@H](CN(C)C)OC.Cl. The van der Waals surface area contributed by atoms with E-state index in [1.165, 1.54) is 0 Å². The molecule has 1 aromatic carbocycles. The Morgan fingerprint density at radius 2 is 2.00 bits per heavy atom. The quantitative estimate of drug-likeness (QED) is 0.865. The highest BCUT2D eigenvalue weighted by Gasteiger charge is 2.22. The number of phenolic OH excluding ortho intramolecular Hbond substituents is 1. The number of hydrogen-bond donors (Lipinski definition) is 1. The molecule has 0 bridgehead atoms. The minimum absolute atomic E-state index is 0. The second kappa shape index (κ2) is 8.35. The number of nitrogens with zero attached hydrogens (tertiary/aromatic N) is 1. The summed E-state index contributed by atoms with van der Waals surface area (Å²) in [5.74, 6) is 0.634. The number of aromatic hydroxyl groups is 1. The summed E-state index contributed by atoms with van der Waals surface area (Å²) in [6.07, 6.45) is 1.15. The normalized spacial score (nSPS) is 14.1. The molecule has 4 heteroatoms. The number of ether oxygens (including phenoxy) is 1. The number of benzene rings is 1. The lowest BCUT2D eigenvalue weighted by molar-refractivity contribution is 0.0555. The first-order valence-corrected chi connectivity index (χ1v) is 6.05. The predicted molar refractivity (Wildman–Crippen MR) is 77.7 cm³/mol. The van der Waals surface area contributed by atoms with E-state index in [1.807, 2.05) is 26.2 Å². The zero-order valence-corrected chi connectivity index (χ0v) is 12.4. The monoisotopic (exact) mass is 273 g/mol. The van der Waals surface area contributed by atoms with E-state index in [0.29, 0.717) is 11.7 Å². The van der Waals surface area contributed by atoms with E-state index in [4.69, 9.17) is 4.74 Å². The number of halogens is 1. The van der Waals surface area contributed by atoms with Crippen LogP contribution in [-0.4, -0.2) is 43.9 Å². The van der Waals surface area contributed by atoms with Crippen molar-refractivity contribution in [1.82, 2.24) is 4.90 Å². The highest BCUT2D eigenvalue weighted by Crippen LogP contribution is 2.27. The van der Waals surface area contributed by atoms with E-state index in [2.05, 4.69) is 17.9 Å². The molecular weight excluding hydrogens is 250 g/mol. The predicted octanol–water partition coefficient (Wildman–Crippen LogP) is 2.88. The van der Waals surface area contributed by atoms with E-state index in [0.717, 1.165) is 18.5 Å². The van der Waals surface area contributed by atoms with Crippen LogP contribution in [0, 0.1) is 0 Å². The Morgan fingerprint density at radius 1 is 1.33 bits per heavy atom. The molecule has 0 heterocycles. The third-order valence-electron chi connectivity index (χ3n) is 3.03. The molecule has 0 aliphatic heterocycles. The molecule has 2 atom stereocenters. The van der Waals surface area contributed by atoms with Gasteiger partial charge in [-0.2, -0.15) is 0 Å². The fourth-order valence-electron chi connectivity index (χ4n) is 2.19. The third-order valence-corrected chi connectivity index (χ3v) is 3.03. The maximum absolute atomic E-state index is 9.54. The fraction of sp³-hybridized carbons (Fsp3) is 0.571. The molecule has 18 heavy (non-hydrogen) atoms. The largest absolute Gasteiger partial charge is 0.508 e. The van der Waals surface area contributed by atoms with Gasteiger partial charge in [-0.3, -0.25) is 0 Å². The summed E-state index contributed by atoms with van der Waals surface area (Å²) < 4.78 is 5.59. The van der Waals surface area contributed by atoms with Gasteiger partial charge in [-0.05, 0) is 38.2 Å². The zero-order valence-electron chi connectivity index (χ0n) is 11.6. The van der Waals surface area contributed by atoms with Crippen LogP contribution in [-0.2, 0) is 4.74 Å². The van der Waals surface area contributed by atoms with Gasteiger partial charge in [0.1, 0.15) is 5.75 Å². The van der Waals surface area contributed by atoms with Gasteiger partial charge < -0.3 is 14.7 Å². The van der Waals surface area contributed by atoms with Crippen molar-refractivity contribution in [3.05, 3.63) is 29.8 Å². The molecule has 104 valence electrons. The van der Waals surface area contributed by atoms with Gasteiger partial charge in [-0.15, -0.1) is 12.4 Å². The van der Waals surface area contributed by atoms with Crippen molar-refractivity contribution in [2.75, 3.05) is 27.7 Å². The smallest absolute Gasteiger partial charge is 0.115 e. The maximum Gasteiger partial charge on any atom is 0.115 e. The summed E-state index contributed by atoms with van der Waals surface area (Å²) in [6.45, 7) is 3.03. The van der Waals surface area contributed by atoms with Gasteiger partial charge in [-0.25, -0.2) is 0 Å². The van der Waals surface area contributed by atoms with Crippen LogP contribution in [0.25, 0.3) is 0 Å². The minimum Gasteiger partial charge on any atom is -0.508 e. The molecule has 0 spiro atoms. The van der Waals surface area contributed by atoms with Gasteiger partial charge in [0.2, 0.25) is 0 Å². The second-order valence-corrected chi connectivity index (χ2v) is 4.65. The molecular formula is C14H24ClNO2. The van der Waals surface area contributed by atoms with Crippen LogP contribution >= 0.6 is 12.4 Å². The molecule has 0 amide bonds. The first kappa shape index (κ1) is 17.2. The molecule has 0 aliphatic rings. The number of methoxy groups -OCH3 is 1. The van der Waals surface area contributed by atoms with Crippen molar-refractivity contribution in [3.63, 3.8) is 0 Å². The van der Waals surface area contributed by atoms with Crippen molar-refractivity contribution in [1.29, 1.82) is 0 Å². The molecule has 0 radical (unpaired) electrons. The van der Waals surface area contributed by atoms with Gasteiger partial charge in [0.25, 0.3) is 0 Å². The van der Waals surface area contributed by atoms with E-state index < -0.39 is 0 Å². The van der Waals surface area contributed by atoms with Crippen molar-refractivity contribution in [2.45, 2.75) is 25.4 Å². The summed E-state index contributed by atoms with van der Waals surface area (Å²) in [5.41, 5.74) is 1.14. The van der Waals surface area contributed by atoms with Gasteiger partial charge >= 0.3 is 0 Å². The summed E-state index contributed by atoms with van der Waals surface area (Å²) in [4.78, 5) is 2.12. The molecule has 0 saturated carbocycles. The van der Waals surface area contributed by atoms with E-state index in [-0.39, 0.29) is 18.5 Å². The molecule has 0 saturated heterocycles. The fourth-order valence-corrected chi connectivity index (χ4v) is 2.19. The number of rotatable bonds is 6. The van der Waals surface area contributed by atoms with Gasteiger partial charge in [0, 0.05) is 19.6 Å². The Labute approximate surface area is 116 Å². The molecule has 1 aromatic rings. The zero-order chi connectivity index (χ0) is 12.8. The number of hydrogen-bond acceptors (Lipinski definition) is 3. The van der Waals surface area contributed by atoms with Crippen LogP contribution in [0.3, 0.4) is 0 Å². The summed E-state index contributed by atoms with van der Waals surface area (Å²) in [7, 11) is 5.84. The number of likely N-dealkylation sites (N-methyl/N-ethyl adjacent to an activating group) is 1. The van der Waals surface area contributed by atoms with Crippen molar-refractivity contribution < 1.29 is 9.84 Å². The molecule has 1 rings (SSSR count). The Balaban J connectivity index is 0.00000289. The van der Waals surface area contributed by atoms with Crippen molar-refractivity contribution >= 4 is 12.4 Å². The first-order valence-electron chi connectivity index (χ1n) is 6.05. The van der Waals surface area contributed by atoms with Crippen LogP contribution in [0.5, 0.6) is 5.75 Å². The van der Waals surface area contributed by atoms with E-state index in [1.54, 1.807) is 13.2 Å². The molecule has 0 aromatic heterocycles. The highest BCUT2D eigenvalue weighted by molar-refractivity contribution is 5.85. The lowest BCUT2D eigenvalue weighted by Crippen LogP contribution is -2.32. The Bertz CT molecular complexity index is 344. The van der Waals surface area contributed by atoms with Crippen LogP contribution in [0.2, 0.25) is 0 Å². The van der Waals surface area contributed by atoms with Crippen LogP contribution in [0.1, 0.15) is 24.8 Å². The van der Waals surface area contributed by atoms with Gasteiger partial charge in [0.05, 0.1) is 6.10 Å². The average Bonchev–Trinajstić information content (AvgIpc) is 2.28. The first-order chi connectivity index (χ1) is 8.08. The maximum atomic E-state index is 9.54. The Morgan fingerprint density at radius 3 is 2.44 bits per heavy atom. The molecule has 3 nitrogen and oxygen atoms in total. The Hall–Kier alpha value is -0.770. The highest BCUT2D eigenvalue weighted by atomic mass is 35.5. The topological polar surface area (TPSA) is 32.7 Å². The van der Waals surface area contributed by atoms with Gasteiger partial charge in [-0.1, -0.05) is 19.1 Å². The van der Waals surface area contributed by atoms with Crippen LogP contribution < -0.4 is 0 Å². The average molecular weight is 274 g/mol. The lowest BCUT2D eigenvalue weighted by atomic mass is 9.90. The molecule has 0 aliphatic carbocycles. The molecule has 0 fully saturated rings. The summed E-state index contributed by atoms with van der Waals surface area (Å²) >= 11 is 0. The van der Waals surface area contributed by atoms with Gasteiger partial charge in [0.15, 0.2) is 0 Å². The minimum atomic E-state index is 0. The lowest BCUT2D eigenvalue weighted by Gasteiger charge is -2.28. The second-order valence-electron chi connectivity index (χ2n) is 4.65. The Kier molecular flexibility index (Phi) is 8.00.